The van der Waals surface area contributed by atoms with Crippen LogP contribution in [0.15, 0.2) is 12.2 Å². The Balaban J connectivity index is 0. The zero-order chi connectivity index (χ0) is 12.5. The fourth-order valence-corrected chi connectivity index (χ4v) is 0.343. The highest BCUT2D eigenvalue weighted by molar-refractivity contribution is 5.86. The van der Waals surface area contributed by atoms with E-state index in [9.17, 15) is 26.7 Å². The van der Waals surface area contributed by atoms with Crippen molar-refractivity contribution >= 4 is 5.97 Å². The van der Waals surface area contributed by atoms with E-state index in [1.54, 1.807) is 6.92 Å². The summed E-state index contributed by atoms with van der Waals surface area (Å²) in [5.74, 6) is -0.451. The summed E-state index contributed by atoms with van der Waals surface area (Å²) in [5.41, 5.74) is 0.346. The molecule has 2 nitrogen and oxygen atoms in total. The molecule has 0 aromatic heterocycles. The molecule has 15 heavy (non-hydrogen) atoms. The number of rotatable bonds is 4. The second-order valence-corrected chi connectivity index (χ2v) is 2.39. The fraction of sp³-hybridized carbons (Fsp3) is 0.625. The van der Waals surface area contributed by atoms with E-state index in [1.807, 2.05) is 0 Å². The van der Waals surface area contributed by atoms with E-state index in [-0.39, 0.29) is 13.0 Å². The van der Waals surface area contributed by atoms with Crippen molar-refractivity contribution in [1.82, 2.24) is 0 Å². The van der Waals surface area contributed by atoms with Gasteiger partial charge in [-0.25, -0.2) is 4.79 Å². The van der Waals surface area contributed by atoms with Crippen molar-refractivity contribution < 1.29 is 31.5 Å². The molecule has 0 fully saturated rings. The summed E-state index contributed by atoms with van der Waals surface area (Å²) >= 11 is 0. The van der Waals surface area contributed by atoms with E-state index in [0.717, 1.165) is 0 Å². The maximum atomic E-state index is 11.4. The summed E-state index contributed by atoms with van der Waals surface area (Å²) in [7, 11) is 0. The van der Waals surface area contributed by atoms with Crippen molar-refractivity contribution in [3.63, 3.8) is 0 Å². The summed E-state index contributed by atoms with van der Waals surface area (Å²) in [5, 5.41) is 0. The van der Waals surface area contributed by atoms with Crippen LogP contribution >= 0.6 is 0 Å². The second kappa shape index (κ2) is 8.19. The van der Waals surface area contributed by atoms with Gasteiger partial charge in [0.1, 0.15) is 0 Å². The highest BCUT2D eigenvalue weighted by atomic mass is 19.5. The Morgan fingerprint density at radius 1 is 1.33 bits per heavy atom. The van der Waals surface area contributed by atoms with Gasteiger partial charge in [0.05, 0.1) is 13.3 Å². The smallest absolute Gasteiger partial charge is 0.462 e. The molecule has 0 heterocycles. The van der Waals surface area contributed by atoms with Gasteiger partial charge in [-0.15, -0.1) is 17.6 Å². The topological polar surface area (TPSA) is 26.3 Å². The molecule has 0 unspecified atom stereocenters. The molecular formula is C8H11F5O2. The Kier molecular flexibility index (Phi) is 8.90. The molecule has 90 valence electrons. The van der Waals surface area contributed by atoms with Crippen LogP contribution in [0.4, 0.5) is 22.0 Å². The van der Waals surface area contributed by atoms with Crippen molar-refractivity contribution in [1.29, 1.82) is 0 Å². The van der Waals surface area contributed by atoms with Gasteiger partial charge >= 0.3 is 12.4 Å². The van der Waals surface area contributed by atoms with Crippen molar-refractivity contribution in [3.8, 4) is 0 Å². The first-order valence-corrected chi connectivity index (χ1v) is 3.82. The van der Waals surface area contributed by atoms with E-state index in [2.05, 4.69) is 11.3 Å². The third kappa shape index (κ3) is 24.6. The number of hydrogen-bond acceptors (Lipinski definition) is 2. The van der Waals surface area contributed by atoms with Crippen LogP contribution in [0.1, 0.15) is 13.3 Å². The summed E-state index contributed by atoms with van der Waals surface area (Å²) in [6.07, 6.45) is -5.24. The number of carbonyl (C=O) groups is 1. The standard InChI is InChI=1S/C7H11FO2.CF4/c1-6(2)7(9)10-5-3-4-8;2-1(3,4)5/h1,3-5H2,2H3;. The Bertz CT molecular complexity index is 194. The quantitative estimate of drug-likeness (QED) is 0.323. The van der Waals surface area contributed by atoms with Gasteiger partial charge in [0.25, 0.3) is 0 Å². The van der Waals surface area contributed by atoms with Gasteiger partial charge in [0, 0.05) is 12.0 Å². The molecule has 0 amide bonds. The van der Waals surface area contributed by atoms with Crippen molar-refractivity contribution in [2.45, 2.75) is 19.8 Å². The largest absolute Gasteiger partial charge is 0.559 e. The Morgan fingerprint density at radius 2 is 1.73 bits per heavy atom. The van der Waals surface area contributed by atoms with Crippen molar-refractivity contribution in [2.24, 2.45) is 0 Å². The first kappa shape index (κ1) is 16.3. The van der Waals surface area contributed by atoms with Gasteiger partial charge in [0.2, 0.25) is 0 Å². The summed E-state index contributed by atoms with van der Waals surface area (Å²) in [4.78, 5) is 10.6. The molecule has 0 atom stereocenters. The molecule has 0 aliphatic heterocycles. The second-order valence-electron chi connectivity index (χ2n) is 2.39. The molecule has 0 N–H and O–H groups in total. The van der Waals surface area contributed by atoms with Gasteiger partial charge in [-0.05, 0) is 6.92 Å². The Hall–Kier alpha value is -1.14. The number of alkyl halides is 5. The average Bonchev–Trinajstić information content (AvgIpc) is 2.01. The molecule has 0 radical (unpaired) electrons. The number of hydrogen-bond donors (Lipinski definition) is 0. The third-order valence-electron chi connectivity index (χ3n) is 0.860. The van der Waals surface area contributed by atoms with Crippen LogP contribution in [0.2, 0.25) is 0 Å². The van der Waals surface area contributed by atoms with Crippen molar-refractivity contribution in [3.05, 3.63) is 12.2 Å². The monoisotopic (exact) mass is 234 g/mol. The first-order chi connectivity index (χ1) is 6.68. The first-order valence-electron chi connectivity index (χ1n) is 3.82. The maximum absolute atomic E-state index is 11.4. The van der Waals surface area contributed by atoms with Crippen molar-refractivity contribution in [2.75, 3.05) is 13.3 Å². The maximum Gasteiger partial charge on any atom is 0.559 e. The normalized spacial score (nSPS) is 10.0. The number of halogens is 5. The molecule has 0 aromatic rings. The van der Waals surface area contributed by atoms with E-state index in [0.29, 0.717) is 5.57 Å². The lowest BCUT2D eigenvalue weighted by molar-refractivity contribution is -0.237. The number of ether oxygens (including phenoxy) is 1. The molecule has 0 aliphatic rings. The summed E-state index contributed by atoms with van der Waals surface area (Å²) in [6, 6.07) is 0. The van der Waals surface area contributed by atoms with E-state index >= 15 is 0 Å². The average molecular weight is 234 g/mol. The molecule has 0 rings (SSSR count). The van der Waals surface area contributed by atoms with Crippen LogP contribution in [0.25, 0.3) is 0 Å². The van der Waals surface area contributed by atoms with Crippen LogP contribution in [-0.4, -0.2) is 25.7 Å². The van der Waals surface area contributed by atoms with Gasteiger partial charge < -0.3 is 4.74 Å². The number of esters is 1. The highest BCUT2D eigenvalue weighted by Crippen LogP contribution is 2.13. The summed E-state index contributed by atoms with van der Waals surface area (Å²) in [6.45, 7) is 4.61. The summed E-state index contributed by atoms with van der Waals surface area (Å²) < 4.78 is 54.7. The predicted octanol–water partition coefficient (Wildman–Crippen LogP) is 2.94. The lowest BCUT2D eigenvalue weighted by Gasteiger charge is -2.00. The third-order valence-corrected chi connectivity index (χ3v) is 0.860. The minimum Gasteiger partial charge on any atom is -0.462 e. The minimum absolute atomic E-state index is 0.141. The molecule has 7 heteroatoms. The van der Waals surface area contributed by atoms with Crippen LogP contribution in [0.3, 0.4) is 0 Å². The molecule has 0 bridgehead atoms. The SMILES string of the molecule is C=C(C)C(=O)OCCCF.FC(F)(F)F. The van der Waals surface area contributed by atoms with Crippen LogP contribution < -0.4 is 0 Å². The molecule has 0 saturated heterocycles. The van der Waals surface area contributed by atoms with E-state index in [4.69, 9.17) is 0 Å². The minimum atomic E-state index is -5.50. The molecule has 0 aromatic carbocycles. The fourth-order valence-electron chi connectivity index (χ4n) is 0.343. The van der Waals surface area contributed by atoms with E-state index < -0.39 is 19.1 Å². The van der Waals surface area contributed by atoms with E-state index in [1.165, 1.54) is 0 Å². The lowest BCUT2D eigenvalue weighted by Crippen LogP contribution is -2.06. The Labute approximate surface area is 83.7 Å². The van der Waals surface area contributed by atoms with Crippen LogP contribution in [0.5, 0.6) is 0 Å². The van der Waals surface area contributed by atoms with Gasteiger partial charge in [-0.3, -0.25) is 4.39 Å². The molecule has 0 aliphatic carbocycles. The van der Waals surface area contributed by atoms with Crippen LogP contribution in [0, 0.1) is 0 Å². The predicted molar refractivity (Wildman–Crippen MR) is 43.5 cm³/mol. The van der Waals surface area contributed by atoms with Gasteiger partial charge in [0.15, 0.2) is 0 Å². The zero-order valence-corrected chi connectivity index (χ0v) is 8.03. The number of carbonyl (C=O) groups excluding carboxylic acids is 1. The van der Waals surface area contributed by atoms with Crippen LogP contribution in [-0.2, 0) is 9.53 Å². The van der Waals surface area contributed by atoms with Gasteiger partial charge in [-0.2, -0.15) is 0 Å². The molecular weight excluding hydrogens is 223 g/mol. The Morgan fingerprint density at radius 3 is 2.00 bits per heavy atom. The lowest BCUT2D eigenvalue weighted by atomic mass is 10.4. The van der Waals surface area contributed by atoms with Gasteiger partial charge in [-0.1, -0.05) is 6.58 Å². The zero-order valence-electron chi connectivity index (χ0n) is 8.03. The molecule has 0 spiro atoms. The molecule has 0 saturated carbocycles. The highest BCUT2D eigenvalue weighted by Gasteiger charge is 2.24.